The molecule has 1 aliphatic carbocycles. The van der Waals surface area contributed by atoms with Crippen LogP contribution in [0.25, 0.3) is 0 Å². The lowest BCUT2D eigenvalue weighted by atomic mass is 9.72. The second-order valence-electron chi connectivity index (χ2n) is 6.59. The SMILES string of the molecule is C=CCC1(O)CCc2cccc(C(C)(C)C)c2C1. The fraction of sp³-hybridized carbons (Fsp3) is 0.529. The molecule has 1 atom stereocenters. The van der Waals surface area contributed by atoms with Gasteiger partial charge in [-0.25, -0.2) is 0 Å². The van der Waals surface area contributed by atoms with Gasteiger partial charge in [-0.05, 0) is 41.4 Å². The van der Waals surface area contributed by atoms with E-state index in [1.54, 1.807) is 0 Å². The minimum Gasteiger partial charge on any atom is -0.389 e. The smallest absolute Gasteiger partial charge is 0.0725 e. The predicted octanol–water partition coefficient (Wildman–Crippen LogP) is 3.78. The van der Waals surface area contributed by atoms with Crippen LogP contribution in [-0.2, 0) is 18.3 Å². The standard InChI is InChI=1S/C17H24O/c1-5-10-17(18)11-9-13-7-6-8-15(14(13)12-17)16(2,3)4/h5-8,18H,1,9-12H2,2-4H3. The maximum atomic E-state index is 10.6. The molecular formula is C17H24O. The van der Waals surface area contributed by atoms with E-state index in [-0.39, 0.29) is 5.41 Å². The molecule has 18 heavy (non-hydrogen) atoms. The third kappa shape index (κ3) is 2.51. The van der Waals surface area contributed by atoms with Crippen molar-refractivity contribution in [1.82, 2.24) is 0 Å². The van der Waals surface area contributed by atoms with Crippen LogP contribution in [0.4, 0.5) is 0 Å². The molecule has 0 saturated heterocycles. The summed E-state index contributed by atoms with van der Waals surface area (Å²) >= 11 is 0. The van der Waals surface area contributed by atoms with E-state index in [1.165, 1.54) is 16.7 Å². The molecule has 1 nitrogen and oxygen atoms in total. The van der Waals surface area contributed by atoms with E-state index in [2.05, 4.69) is 45.5 Å². The van der Waals surface area contributed by atoms with Gasteiger partial charge in [-0.15, -0.1) is 6.58 Å². The molecule has 2 rings (SSSR count). The molecule has 1 unspecified atom stereocenters. The molecule has 0 radical (unpaired) electrons. The van der Waals surface area contributed by atoms with Crippen LogP contribution in [0.5, 0.6) is 0 Å². The molecule has 0 fully saturated rings. The van der Waals surface area contributed by atoms with E-state index in [4.69, 9.17) is 0 Å². The highest BCUT2D eigenvalue weighted by atomic mass is 16.3. The predicted molar refractivity (Wildman–Crippen MR) is 76.9 cm³/mol. The molecule has 98 valence electrons. The number of benzene rings is 1. The summed E-state index contributed by atoms with van der Waals surface area (Å²) in [4.78, 5) is 0. The summed E-state index contributed by atoms with van der Waals surface area (Å²) in [6.07, 6.45) is 5.11. The Morgan fingerprint density at radius 1 is 1.39 bits per heavy atom. The van der Waals surface area contributed by atoms with Gasteiger partial charge in [0.05, 0.1) is 5.60 Å². The molecule has 0 amide bonds. The molecule has 0 saturated carbocycles. The van der Waals surface area contributed by atoms with Crippen LogP contribution < -0.4 is 0 Å². The van der Waals surface area contributed by atoms with Crippen molar-refractivity contribution in [2.75, 3.05) is 0 Å². The van der Waals surface area contributed by atoms with Gasteiger partial charge in [0, 0.05) is 6.42 Å². The Balaban J connectivity index is 2.44. The molecule has 1 aromatic rings. The van der Waals surface area contributed by atoms with Crippen molar-refractivity contribution in [3.63, 3.8) is 0 Å². The van der Waals surface area contributed by atoms with Crippen LogP contribution in [0.3, 0.4) is 0 Å². The van der Waals surface area contributed by atoms with Crippen molar-refractivity contribution in [2.24, 2.45) is 0 Å². The van der Waals surface area contributed by atoms with Gasteiger partial charge in [-0.3, -0.25) is 0 Å². The van der Waals surface area contributed by atoms with E-state index < -0.39 is 5.60 Å². The lowest BCUT2D eigenvalue weighted by molar-refractivity contribution is 0.0290. The van der Waals surface area contributed by atoms with Crippen LogP contribution in [-0.4, -0.2) is 10.7 Å². The van der Waals surface area contributed by atoms with E-state index in [9.17, 15) is 5.11 Å². The average Bonchev–Trinajstić information content (AvgIpc) is 2.26. The molecule has 0 heterocycles. The van der Waals surface area contributed by atoms with Crippen molar-refractivity contribution < 1.29 is 5.11 Å². The zero-order valence-corrected chi connectivity index (χ0v) is 11.8. The highest BCUT2D eigenvalue weighted by Gasteiger charge is 2.33. The zero-order chi connectivity index (χ0) is 13.4. The molecule has 0 spiro atoms. The van der Waals surface area contributed by atoms with E-state index in [0.717, 1.165) is 19.3 Å². The number of fused-ring (bicyclic) bond motifs is 1. The number of hydrogen-bond acceptors (Lipinski definition) is 1. The summed E-state index contributed by atoms with van der Waals surface area (Å²) in [6.45, 7) is 10.5. The first-order chi connectivity index (χ1) is 8.36. The topological polar surface area (TPSA) is 20.2 Å². The van der Waals surface area contributed by atoms with Crippen LogP contribution >= 0.6 is 0 Å². The summed E-state index contributed by atoms with van der Waals surface area (Å²) in [5.74, 6) is 0. The van der Waals surface area contributed by atoms with Crippen molar-refractivity contribution >= 4 is 0 Å². The molecule has 0 aliphatic heterocycles. The minimum absolute atomic E-state index is 0.137. The van der Waals surface area contributed by atoms with Crippen LogP contribution in [0.15, 0.2) is 30.9 Å². The monoisotopic (exact) mass is 244 g/mol. The Morgan fingerprint density at radius 2 is 2.11 bits per heavy atom. The summed E-state index contributed by atoms with van der Waals surface area (Å²) < 4.78 is 0. The number of hydrogen-bond donors (Lipinski definition) is 1. The van der Waals surface area contributed by atoms with Crippen LogP contribution in [0, 0.1) is 0 Å². The lowest BCUT2D eigenvalue weighted by Crippen LogP contribution is -2.36. The van der Waals surface area contributed by atoms with Crippen molar-refractivity contribution in [1.29, 1.82) is 0 Å². The average molecular weight is 244 g/mol. The highest BCUT2D eigenvalue weighted by Crippen LogP contribution is 2.37. The lowest BCUT2D eigenvalue weighted by Gasteiger charge is -2.36. The second-order valence-corrected chi connectivity index (χ2v) is 6.59. The van der Waals surface area contributed by atoms with Gasteiger partial charge in [0.25, 0.3) is 0 Å². The Morgan fingerprint density at radius 3 is 2.72 bits per heavy atom. The van der Waals surface area contributed by atoms with Crippen molar-refractivity contribution in [2.45, 2.75) is 57.5 Å². The summed E-state index contributed by atoms with van der Waals surface area (Å²) in [5, 5.41) is 10.6. The Labute approximate surface area is 111 Å². The normalized spacial score (nSPS) is 23.6. The third-order valence-corrected chi connectivity index (χ3v) is 3.97. The first-order valence-corrected chi connectivity index (χ1v) is 6.80. The molecule has 0 bridgehead atoms. The van der Waals surface area contributed by atoms with Gasteiger partial charge in [-0.2, -0.15) is 0 Å². The van der Waals surface area contributed by atoms with E-state index >= 15 is 0 Å². The van der Waals surface area contributed by atoms with Crippen LogP contribution in [0.2, 0.25) is 0 Å². The fourth-order valence-corrected chi connectivity index (χ4v) is 3.01. The minimum atomic E-state index is -0.587. The Bertz CT molecular complexity index is 453. The first-order valence-electron chi connectivity index (χ1n) is 6.80. The first kappa shape index (κ1) is 13.4. The van der Waals surface area contributed by atoms with Gasteiger partial charge < -0.3 is 5.11 Å². The van der Waals surface area contributed by atoms with Crippen molar-refractivity contribution in [3.05, 3.63) is 47.5 Å². The van der Waals surface area contributed by atoms with E-state index in [1.807, 2.05) is 6.08 Å². The van der Waals surface area contributed by atoms with Gasteiger partial charge in [-0.1, -0.05) is 45.0 Å². The molecule has 1 N–H and O–H groups in total. The highest BCUT2D eigenvalue weighted by molar-refractivity contribution is 5.42. The van der Waals surface area contributed by atoms with Gasteiger partial charge in [0.1, 0.15) is 0 Å². The van der Waals surface area contributed by atoms with Gasteiger partial charge in [0.2, 0.25) is 0 Å². The summed E-state index contributed by atoms with van der Waals surface area (Å²) in [7, 11) is 0. The maximum absolute atomic E-state index is 10.6. The molecule has 1 heteroatoms. The maximum Gasteiger partial charge on any atom is 0.0725 e. The quantitative estimate of drug-likeness (QED) is 0.785. The molecule has 0 aromatic heterocycles. The second kappa shape index (κ2) is 4.55. The largest absolute Gasteiger partial charge is 0.389 e. The number of aryl methyl sites for hydroxylation is 1. The number of aliphatic hydroxyl groups is 1. The third-order valence-electron chi connectivity index (χ3n) is 3.97. The molecule has 1 aliphatic rings. The molecule has 1 aromatic carbocycles. The van der Waals surface area contributed by atoms with E-state index in [0.29, 0.717) is 6.42 Å². The van der Waals surface area contributed by atoms with Gasteiger partial charge >= 0.3 is 0 Å². The summed E-state index contributed by atoms with van der Waals surface area (Å²) in [6, 6.07) is 6.56. The van der Waals surface area contributed by atoms with Crippen molar-refractivity contribution in [3.8, 4) is 0 Å². The molecular weight excluding hydrogens is 220 g/mol. The van der Waals surface area contributed by atoms with Crippen LogP contribution in [0.1, 0.15) is 50.3 Å². The Hall–Kier alpha value is -1.08. The summed E-state index contributed by atoms with van der Waals surface area (Å²) in [5.41, 5.74) is 3.70. The van der Waals surface area contributed by atoms with Gasteiger partial charge in [0.15, 0.2) is 0 Å². The number of rotatable bonds is 2. The fourth-order valence-electron chi connectivity index (χ4n) is 3.01. The zero-order valence-electron chi connectivity index (χ0n) is 11.8. The Kier molecular flexibility index (Phi) is 3.37.